The van der Waals surface area contributed by atoms with Crippen LogP contribution in [0.1, 0.15) is 22.5 Å². The van der Waals surface area contributed by atoms with E-state index in [0.29, 0.717) is 12.0 Å². The molecule has 0 aliphatic rings. The van der Waals surface area contributed by atoms with Crippen LogP contribution < -0.4 is 5.32 Å². The van der Waals surface area contributed by atoms with Crippen molar-refractivity contribution in [3.8, 4) is 0 Å². The summed E-state index contributed by atoms with van der Waals surface area (Å²) in [5.41, 5.74) is 3.82. The maximum atomic E-state index is 13.8. The summed E-state index contributed by atoms with van der Waals surface area (Å²) in [6.07, 6.45) is 1.27. The van der Waals surface area contributed by atoms with Gasteiger partial charge in [-0.25, -0.2) is 8.78 Å². The Hall–Kier alpha value is -1.75. The van der Waals surface area contributed by atoms with Crippen molar-refractivity contribution in [3.05, 3.63) is 52.3 Å². The molecular weight excluding hydrogens is 272 g/mol. The van der Waals surface area contributed by atoms with Crippen LogP contribution in [-0.2, 0) is 19.9 Å². The number of hydrogen-bond acceptors (Lipinski definition) is 2. The Morgan fingerprint density at radius 2 is 1.95 bits per heavy atom. The Morgan fingerprint density at radius 1 is 1.24 bits per heavy atom. The molecule has 0 bridgehead atoms. The van der Waals surface area contributed by atoms with Gasteiger partial charge < -0.3 is 5.32 Å². The molecule has 2 rings (SSSR count). The van der Waals surface area contributed by atoms with Crippen LogP contribution in [-0.4, -0.2) is 22.9 Å². The Balaban J connectivity index is 2.17. The van der Waals surface area contributed by atoms with Gasteiger partial charge in [0.05, 0.1) is 5.69 Å². The highest BCUT2D eigenvalue weighted by Crippen LogP contribution is 2.18. The molecule has 0 spiro atoms. The number of hydrogen-bond donors (Lipinski definition) is 1. The third-order valence-corrected chi connectivity index (χ3v) is 4.00. The largest absolute Gasteiger partial charge is 0.316 e. The fourth-order valence-corrected chi connectivity index (χ4v) is 2.59. The third kappa shape index (κ3) is 3.47. The number of benzene rings is 1. The van der Waals surface area contributed by atoms with E-state index in [-0.39, 0.29) is 6.04 Å². The smallest absolute Gasteiger partial charge is 0.129 e. The Labute approximate surface area is 124 Å². The van der Waals surface area contributed by atoms with Crippen molar-refractivity contribution in [2.45, 2.75) is 32.7 Å². The third-order valence-electron chi connectivity index (χ3n) is 4.00. The number of likely N-dealkylation sites (N-methyl/N-ethyl adjacent to an activating group) is 1. The van der Waals surface area contributed by atoms with Crippen LogP contribution in [0.3, 0.4) is 0 Å². The van der Waals surface area contributed by atoms with E-state index in [4.69, 9.17) is 0 Å². The molecule has 1 N–H and O–H groups in total. The Morgan fingerprint density at radius 3 is 2.48 bits per heavy atom. The molecule has 0 saturated heterocycles. The lowest BCUT2D eigenvalue weighted by atomic mass is 9.97. The van der Waals surface area contributed by atoms with Crippen molar-refractivity contribution >= 4 is 0 Å². The van der Waals surface area contributed by atoms with Crippen LogP contribution in [0.2, 0.25) is 0 Å². The predicted octanol–water partition coefficient (Wildman–Crippen LogP) is 2.69. The molecular formula is C16H21F2N3. The van der Waals surface area contributed by atoms with Gasteiger partial charge in [0.25, 0.3) is 0 Å². The fraction of sp³-hybridized carbons (Fsp3) is 0.438. The Bertz CT molecular complexity index is 635. The second-order valence-corrected chi connectivity index (χ2v) is 5.40. The molecule has 3 nitrogen and oxygen atoms in total. The predicted molar refractivity (Wildman–Crippen MR) is 79.3 cm³/mol. The summed E-state index contributed by atoms with van der Waals surface area (Å²) in [5.74, 6) is -1.04. The van der Waals surface area contributed by atoms with Crippen molar-refractivity contribution in [3.63, 3.8) is 0 Å². The van der Waals surface area contributed by atoms with Gasteiger partial charge in [-0.3, -0.25) is 4.68 Å². The van der Waals surface area contributed by atoms with Gasteiger partial charge >= 0.3 is 0 Å². The first-order chi connectivity index (χ1) is 9.92. The maximum Gasteiger partial charge on any atom is 0.129 e. The number of halogens is 2. The molecule has 21 heavy (non-hydrogen) atoms. The monoisotopic (exact) mass is 293 g/mol. The molecule has 2 aromatic rings. The van der Waals surface area contributed by atoms with E-state index in [1.165, 1.54) is 17.7 Å². The van der Waals surface area contributed by atoms with Gasteiger partial charge in [0.1, 0.15) is 11.6 Å². The van der Waals surface area contributed by atoms with Gasteiger partial charge in [0.2, 0.25) is 0 Å². The topological polar surface area (TPSA) is 29.9 Å². The lowest BCUT2D eigenvalue weighted by Crippen LogP contribution is -2.30. The zero-order chi connectivity index (χ0) is 15.6. The fourth-order valence-electron chi connectivity index (χ4n) is 2.59. The molecule has 0 aliphatic heterocycles. The molecule has 0 saturated carbocycles. The summed E-state index contributed by atoms with van der Waals surface area (Å²) in [7, 11) is 3.77. The van der Waals surface area contributed by atoms with Crippen LogP contribution in [0.25, 0.3) is 0 Å². The molecule has 0 aliphatic carbocycles. The maximum absolute atomic E-state index is 13.8. The van der Waals surface area contributed by atoms with E-state index in [9.17, 15) is 8.78 Å². The molecule has 1 aromatic heterocycles. The first-order valence-electron chi connectivity index (χ1n) is 7.02. The van der Waals surface area contributed by atoms with E-state index in [1.807, 2.05) is 32.6 Å². The minimum absolute atomic E-state index is 0.0755. The summed E-state index contributed by atoms with van der Waals surface area (Å²) in [6, 6.07) is 3.82. The second kappa shape index (κ2) is 6.35. The van der Waals surface area contributed by atoms with Crippen molar-refractivity contribution in [1.29, 1.82) is 0 Å². The minimum atomic E-state index is -0.545. The van der Waals surface area contributed by atoms with Gasteiger partial charge in [-0.1, -0.05) is 6.07 Å². The highest BCUT2D eigenvalue weighted by Gasteiger charge is 2.17. The van der Waals surface area contributed by atoms with Crippen LogP contribution in [0, 0.1) is 25.5 Å². The van der Waals surface area contributed by atoms with Crippen LogP contribution in [0.5, 0.6) is 0 Å². The van der Waals surface area contributed by atoms with E-state index in [0.717, 1.165) is 23.9 Å². The average molecular weight is 293 g/mol. The van der Waals surface area contributed by atoms with Crippen molar-refractivity contribution in [1.82, 2.24) is 15.1 Å². The number of aromatic nitrogens is 2. The van der Waals surface area contributed by atoms with Crippen molar-refractivity contribution in [2.75, 3.05) is 7.05 Å². The standard InChI is InChI=1S/C16H21F2N3/c1-10-15(11(2)21(4)20-10)9-14(19-3)7-12-5-6-13(17)8-16(12)18/h5-6,8,14,19H,7,9H2,1-4H3. The zero-order valence-corrected chi connectivity index (χ0v) is 12.9. The molecule has 0 fully saturated rings. The molecule has 5 heteroatoms. The number of aryl methyl sites for hydroxylation is 2. The summed E-state index contributed by atoms with van der Waals surface area (Å²) < 4.78 is 28.6. The molecule has 0 radical (unpaired) electrons. The number of nitrogens with zero attached hydrogens (tertiary/aromatic N) is 2. The molecule has 1 heterocycles. The second-order valence-electron chi connectivity index (χ2n) is 5.40. The van der Waals surface area contributed by atoms with E-state index >= 15 is 0 Å². The summed E-state index contributed by atoms with van der Waals surface area (Å²) in [6.45, 7) is 4.01. The average Bonchev–Trinajstić information content (AvgIpc) is 2.67. The molecule has 1 unspecified atom stereocenters. The summed E-state index contributed by atoms with van der Waals surface area (Å²) in [5, 5.41) is 7.61. The van der Waals surface area contributed by atoms with Crippen LogP contribution in [0.15, 0.2) is 18.2 Å². The quantitative estimate of drug-likeness (QED) is 0.918. The van der Waals surface area contributed by atoms with Gasteiger partial charge in [0, 0.05) is 24.8 Å². The van der Waals surface area contributed by atoms with E-state index in [1.54, 1.807) is 0 Å². The molecule has 1 atom stereocenters. The first-order valence-corrected chi connectivity index (χ1v) is 7.02. The van der Waals surface area contributed by atoms with Crippen LogP contribution in [0.4, 0.5) is 8.78 Å². The molecule has 114 valence electrons. The zero-order valence-electron chi connectivity index (χ0n) is 12.9. The van der Waals surface area contributed by atoms with Gasteiger partial charge in [0.15, 0.2) is 0 Å². The van der Waals surface area contributed by atoms with E-state index < -0.39 is 11.6 Å². The molecule has 1 aromatic carbocycles. The Kier molecular flexibility index (Phi) is 4.73. The van der Waals surface area contributed by atoms with Gasteiger partial charge in [-0.05, 0) is 50.9 Å². The lowest BCUT2D eigenvalue weighted by Gasteiger charge is -2.17. The summed E-state index contributed by atoms with van der Waals surface area (Å²) >= 11 is 0. The van der Waals surface area contributed by atoms with Crippen molar-refractivity contribution < 1.29 is 8.78 Å². The summed E-state index contributed by atoms with van der Waals surface area (Å²) in [4.78, 5) is 0. The molecule has 0 amide bonds. The SMILES string of the molecule is CNC(Cc1ccc(F)cc1F)Cc1c(C)nn(C)c1C. The number of nitrogens with one attached hydrogen (secondary N) is 1. The van der Waals surface area contributed by atoms with E-state index in [2.05, 4.69) is 10.4 Å². The normalized spacial score (nSPS) is 12.7. The number of rotatable bonds is 5. The van der Waals surface area contributed by atoms with Crippen LogP contribution >= 0.6 is 0 Å². The lowest BCUT2D eigenvalue weighted by molar-refractivity contribution is 0.523. The minimum Gasteiger partial charge on any atom is -0.316 e. The first kappa shape index (κ1) is 15.6. The highest BCUT2D eigenvalue weighted by atomic mass is 19.1. The van der Waals surface area contributed by atoms with Gasteiger partial charge in [-0.15, -0.1) is 0 Å². The highest BCUT2D eigenvalue weighted by molar-refractivity contribution is 5.27. The van der Waals surface area contributed by atoms with Gasteiger partial charge in [-0.2, -0.15) is 5.10 Å². The van der Waals surface area contributed by atoms with Crippen molar-refractivity contribution in [2.24, 2.45) is 7.05 Å².